The number of ether oxygens (including phenoxy) is 2. The van der Waals surface area contributed by atoms with Crippen molar-refractivity contribution in [2.75, 3.05) is 46.1 Å². The molecule has 0 aromatic heterocycles. The van der Waals surface area contributed by atoms with E-state index in [0.29, 0.717) is 26.4 Å². The fraction of sp³-hybridized carbons (Fsp3) is 0.889. The summed E-state index contributed by atoms with van der Waals surface area (Å²) in [5.41, 5.74) is -0.113. The Balaban J connectivity index is 1.85. The van der Waals surface area contributed by atoms with Crippen LogP contribution in [0, 0.1) is 5.41 Å². The minimum atomic E-state index is -0.332. The van der Waals surface area contributed by atoms with Crippen LogP contribution in [0.25, 0.3) is 0 Å². The van der Waals surface area contributed by atoms with Gasteiger partial charge in [-0.15, -0.1) is 0 Å². The van der Waals surface area contributed by atoms with Crippen molar-refractivity contribution in [2.45, 2.75) is 51.5 Å². The molecular formula is C18H30N2O4. The standard InChI is InChI=1S/C18H30N2O4/c1-2-23-14-15(21)20-11-5-6-18(7-12-24-13-8-18)16(20)17(22)19-9-3-4-10-19/h16H,2-14H2,1H3. The van der Waals surface area contributed by atoms with Crippen molar-refractivity contribution in [2.24, 2.45) is 5.41 Å². The number of hydrogen-bond donors (Lipinski definition) is 0. The lowest BCUT2D eigenvalue weighted by Gasteiger charge is -2.51. The average molecular weight is 338 g/mol. The third kappa shape index (κ3) is 3.45. The molecule has 0 aromatic carbocycles. The van der Waals surface area contributed by atoms with Crippen LogP contribution in [0.3, 0.4) is 0 Å². The molecule has 0 aromatic rings. The maximum Gasteiger partial charge on any atom is 0.249 e. The summed E-state index contributed by atoms with van der Waals surface area (Å²) in [6.07, 6.45) is 5.86. The van der Waals surface area contributed by atoms with Crippen LogP contribution < -0.4 is 0 Å². The number of hydrogen-bond acceptors (Lipinski definition) is 4. The SMILES string of the molecule is CCOCC(=O)N1CCCC2(CCOCC2)C1C(=O)N1CCCC1. The highest BCUT2D eigenvalue weighted by Gasteiger charge is 2.51. The van der Waals surface area contributed by atoms with Crippen LogP contribution in [-0.2, 0) is 19.1 Å². The monoisotopic (exact) mass is 338 g/mol. The maximum absolute atomic E-state index is 13.3. The van der Waals surface area contributed by atoms with Crippen molar-refractivity contribution in [3.8, 4) is 0 Å². The quantitative estimate of drug-likeness (QED) is 0.778. The summed E-state index contributed by atoms with van der Waals surface area (Å²) < 4.78 is 10.9. The zero-order valence-corrected chi connectivity index (χ0v) is 14.8. The number of amides is 2. The Morgan fingerprint density at radius 3 is 2.46 bits per heavy atom. The minimum absolute atomic E-state index is 0.0417. The number of likely N-dealkylation sites (tertiary alicyclic amines) is 2. The molecule has 3 aliphatic heterocycles. The number of rotatable bonds is 4. The van der Waals surface area contributed by atoms with Crippen LogP contribution in [0.1, 0.15) is 45.4 Å². The molecule has 0 radical (unpaired) electrons. The van der Waals surface area contributed by atoms with Gasteiger partial charge in [0, 0.05) is 44.9 Å². The van der Waals surface area contributed by atoms with Gasteiger partial charge < -0.3 is 19.3 Å². The molecule has 6 nitrogen and oxygen atoms in total. The number of nitrogens with zero attached hydrogens (tertiary/aromatic N) is 2. The topological polar surface area (TPSA) is 59.1 Å². The highest BCUT2D eigenvalue weighted by molar-refractivity contribution is 5.89. The summed E-state index contributed by atoms with van der Waals surface area (Å²) in [6, 6.07) is -0.332. The molecule has 3 heterocycles. The van der Waals surface area contributed by atoms with Crippen molar-refractivity contribution in [3.05, 3.63) is 0 Å². The summed E-state index contributed by atoms with van der Waals surface area (Å²) in [6.45, 7) is 6.19. The molecule has 2 amide bonds. The van der Waals surface area contributed by atoms with Crippen molar-refractivity contribution in [1.82, 2.24) is 9.80 Å². The number of piperidine rings is 1. The first-order valence-corrected chi connectivity index (χ1v) is 9.42. The largest absolute Gasteiger partial charge is 0.381 e. The van der Waals surface area contributed by atoms with Crippen molar-refractivity contribution >= 4 is 11.8 Å². The molecule has 3 aliphatic rings. The lowest BCUT2D eigenvalue weighted by molar-refractivity contribution is -0.162. The molecule has 3 saturated heterocycles. The van der Waals surface area contributed by atoms with E-state index in [1.54, 1.807) is 0 Å². The van der Waals surface area contributed by atoms with Gasteiger partial charge in [-0.3, -0.25) is 9.59 Å². The Labute approximate surface area is 144 Å². The predicted molar refractivity (Wildman–Crippen MR) is 89.5 cm³/mol. The molecule has 136 valence electrons. The third-order valence-electron chi connectivity index (χ3n) is 5.86. The molecule has 0 saturated carbocycles. The molecule has 0 bridgehead atoms. The second-order valence-corrected chi connectivity index (χ2v) is 7.24. The van der Waals surface area contributed by atoms with E-state index in [1.165, 1.54) is 0 Å². The molecule has 0 aliphatic carbocycles. The molecule has 3 rings (SSSR count). The van der Waals surface area contributed by atoms with E-state index in [2.05, 4.69) is 0 Å². The Morgan fingerprint density at radius 1 is 1.08 bits per heavy atom. The molecule has 24 heavy (non-hydrogen) atoms. The van der Waals surface area contributed by atoms with E-state index >= 15 is 0 Å². The number of carbonyl (C=O) groups excluding carboxylic acids is 2. The van der Waals surface area contributed by atoms with Gasteiger partial charge in [-0.2, -0.15) is 0 Å². The zero-order chi connectivity index (χ0) is 17.0. The molecule has 1 atom stereocenters. The Morgan fingerprint density at radius 2 is 1.79 bits per heavy atom. The van der Waals surface area contributed by atoms with Crippen LogP contribution in [0.15, 0.2) is 0 Å². The van der Waals surface area contributed by atoms with Crippen LogP contribution in [0.4, 0.5) is 0 Å². The molecular weight excluding hydrogens is 308 g/mol. The maximum atomic E-state index is 13.3. The van der Waals surface area contributed by atoms with Gasteiger partial charge in [-0.05, 0) is 45.4 Å². The fourth-order valence-electron chi connectivity index (χ4n) is 4.55. The summed E-state index contributed by atoms with van der Waals surface area (Å²) in [4.78, 5) is 29.8. The van der Waals surface area contributed by atoms with Crippen molar-refractivity contribution in [1.29, 1.82) is 0 Å². The third-order valence-corrected chi connectivity index (χ3v) is 5.86. The van der Waals surface area contributed by atoms with Gasteiger partial charge in [-0.25, -0.2) is 0 Å². The highest BCUT2D eigenvalue weighted by Crippen LogP contribution is 2.45. The second kappa shape index (κ2) is 7.83. The van der Waals surface area contributed by atoms with E-state index in [-0.39, 0.29) is 29.9 Å². The summed E-state index contributed by atoms with van der Waals surface area (Å²) in [7, 11) is 0. The highest BCUT2D eigenvalue weighted by atomic mass is 16.5. The van der Waals surface area contributed by atoms with Gasteiger partial charge in [0.15, 0.2) is 0 Å². The summed E-state index contributed by atoms with van der Waals surface area (Å²) >= 11 is 0. The zero-order valence-electron chi connectivity index (χ0n) is 14.8. The average Bonchev–Trinajstić information content (AvgIpc) is 3.14. The van der Waals surface area contributed by atoms with E-state index in [1.807, 2.05) is 16.7 Å². The predicted octanol–water partition coefficient (Wildman–Crippen LogP) is 1.43. The van der Waals surface area contributed by atoms with Crippen LogP contribution in [0.5, 0.6) is 0 Å². The van der Waals surface area contributed by atoms with E-state index in [9.17, 15) is 9.59 Å². The van der Waals surface area contributed by atoms with Gasteiger partial charge in [0.1, 0.15) is 12.6 Å². The van der Waals surface area contributed by atoms with Crippen LogP contribution >= 0.6 is 0 Å². The smallest absolute Gasteiger partial charge is 0.249 e. The van der Waals surface area contributed by atoms with Crippen molar-refractivity contribution < 1.29 is 19.1 Å². The molecule has 3 fully saturated rings. The lowest BCUT2D eigenvalue weighted by atomic mass is 9.67. The number of carbonyl (C=O) groups is 2. The second-order valence-electron chi connectivity index (χ2n) is 7.24. The van der Waals surface area contributed by atoms with Gasteiger partial charge in [0.25, 0.3) is 0 Å². The van der Waals surface area contributed by atoms with Gasteiger partial charge >= 0.3 is 0 Å². The first-order valence-electron chi connectivity index (χ1n) is 9.42. The van der Waals surface area contributed by atoms with Gasteiger partial charge in [0.05, 0.1) is 0 Å². The van der Waals surface area contributed by atoms with Crippen molar-refractivity contribution in [3.63, 3.8) is 0 Å². The molecule has 1 spiro atoms. The Hall–Kier alpha value is -1.14. The normalized spacial score (nSPS) is 26.8. The molecule has 6 heteroatoms. The van der Waals surface area contributed by atoms with Gasteiger partial charge in [0.2, 0.25) is 11.8 Å². The van der Waals surface area contributed by atoms with Crippen LogP contribution in [0.2, 0.25) is 0 Å². The van der Waals surface area contributed by atoms with Gasteiger partial charge in [-0.1, -0.05) is 0 Å². The fourth-order valence-corrected chi connectivity index (χ4v) is 4.55. The first kappa shape index (κ1) is 17.7. The Kier molecular flexibility index (Phi) is 5.76. The molecule has 0 N–H and O–H groups in total. The van der Waals surface area contributed by atoms with E-state index < -0.39 is 0 Å². The van der Waals surface area contributed by atoms with E-state index in [4.69, 9.17) is 9.47 Å². The minimum Gasteiger partial charge on any atom is -0.381 e. The first-order chi connectivity index (χ1) is 11.7. The van der Waals surface area contributed by atoms with E-state index in [0.717, 1.165) is 51.6 Å². The Bertz CT molecular complexity index is 450. The summed E-state index contributed by atoms with van der Waals surface area (Å²) in [5.74, 6) is 0.110. The van der Waals surface area contributed by atoms with Crippen LogP contribution in [-0.4, -0.2) is 73.7 Å². The summed E-state index contributed by atoms with van der Waals surface area (Å²) in [5, 5.41) is 0. The lowest BCUT2D eigenvalue weighted by Crippen LogP contribution is -2.63. The molecule has 1 unspecified atom stereocenters.